The van der Waals surface area contributed by atoms with Gasteiger partial charge in [-0.05, 0) is 18.2 Å². The number of nitrogens with two attached hydrogens (primary N) is 1. The van der Waals surface area contributed by atoms with Crippen molar-refractivity contribution < 1.29 is 8.78 Å². The molecular formula is C12H12F2N4OS. The van der Waals surface area contributed by atoms with Crippen LogP contribution in [0.2, 0.25) is 0 Å². The number of H-pyrrole nitrogens is 1. The Morgan fingerprint density at radius 1 is 1.30 bits per heavy atom. The molecule has 0 aliphatic rings. The van der Waals surface area contributed by atoms with Crippen LogP contribution in [0.25, 0.3) is 0 Å². The molecule has 0 aliphatic carbocycles. The highest BCUT2D eigenvalue weighted by Gasteiger charge is 2.13. The van der Waals surface area contributed by atoms with Gasteiger partial charge >= 0.3 is 0 Å². The van der Waals surface area contributed by atoms with Crippen LogP contribution in [0.1, 0.15) is 19.0 Å². The van der Waals surface area contributed by atoms with E-state index in [4.69, 9.17) is 5.73 Å². The van der Waals surface area contributed by atoms with Crippen LogP contribution < -0.4 is 11.3 Å². The number of halogens is 2. The van der Waals surface area contributed by atoms with Crippen LogP contribution in [0.15, 0.2) is 27.1 Å². The summed E-state index contributed by atoms with van der Waals surface area (Å²) < 4.78 is 26.6. The summed E-state index contributed by atoms with van der Waals surface area (Å²) in [5, 5.41) is 0.0547. The third-order valence-electron chi connectivity index (χ3n) is 2.40. The van der Waals surface area contributed by atoms with E-state index in [-0.39, 0.29) is 15.7 Å². The van der Waals surface area contributed by atoms with Gasteiger partial charge in [0, 0.05) is 17.8 Å². The first-order chi connectivity index (χ1) is 9.49. The summed E-state index contributed by atoms with van der Waals surface area (Å²) in [5.41, 5.74) is 5.57. The SMILES string of the molecule is CCCc1cc(=O)[nH]c(Sc2nc(N)c(F)cc2F)n1. The van der Waals surface area contributed by atoms with E-state index in [1.165, 1.54) is 6.07 Å². The fraction of sp³-hybridized carbons (Fsp3) is 0.250. The summed E-state index contributed by atoms with van der Waals surface area (Å²) >= 11 is 0.792. The third-order valence-corrected chi connectivity index (χ3v) is 3.26. The maximum Gasteiger partial charge on any atom is 0.251 e. The Bertz CT molecular complexity index is 690. The van der Waals surface area contributed by atoms with E-state index < -0.39 is 17.5 Å². The number of nitrogens with zero attached hydrogens (tertiary/aromatic N) is 2. The second-order valence-electron chi connectivity index (χ2n) is 4.04. The zero-order valence-electron chi connectivity index (χ0n) is 10.6. The minimum absolute atomic E-state index is 0.138. The van der Waals surface area contributed by atoms with Gasteiger partial charge in [0.15, 0.2) is 22.6 Å². The molecule has 0 aromatic carbocycles. The third kappa shape index (κ3) is 3.32. The predicted octanol–water partition coefficient (Wildman–Crippen LogP) is 2.13. The van der Waals surface area contributed by atoms with Gasteiger partial charge in [0.2, 0.25) is 0 Å². The van der Waals surface area contributed by atoms with Gasteiger partial charge in [-0.1, -0.05) is 13.3 Å². The molecular weight excluding hydrogens is 286 g/mol. The Morgan fingerprint density at radius 3 is 2.75 bits per heavy atom. The fourth-order valence-electron chi connectivity index (χ4n) is 1.54. The molecule has 5 nitrogen and oxygen atoms in total. The van der Waals surface area contributed by atoms with Gasteiger partial charge in [0.05, 0.1) is 0 Å². The highest BCUT2D eigenvalue weighted by atomic mass is 32.2. The van der Waals surface area contributed by atoms with Crippen LogP contribution in [-0.2, 0) is 6.42 Å². The molecule has 2 rings (SSSR count). The molecule has 0 bridgehead atoms. The topological polar surface area (TPSA) is 84.7 Å². The summed E-state index contributed by atoms with van der Waals surface area (Å²) in [4.78, 5) is 21.7. The molecule has 8 heteroatoms. The smallest absolute Gasteiger partial charge is 0.251 e. The van der Waals surface area contributed by atoms with Gasteiger partial charge in [-0.25, -0.2) is 18.7 Å². The average Bonchev–Trinajstić information content (AvgIpc) is 2.35. The molecule has 0 unspecified atom stereocenters. The molecule has 3 N–H and O–H groups in total. The normalized spacial score (nSPS) is 10.8. The molecule has 106 valence electrons. The fourth-order valence-corrected chi connectivity index (χ4v) is 2.34. The zero-order valence-corrected chi connectivity index (χ0v) is 11.4. The van der Waals surface area contributed by atoms with Crippen LogP contribution in [0.5, 0.6) is 0 Å². The van der Waals surface area contributed by atoms with E-state index in [9.17, 15) is 13.6 Å². The Kier molecular flexibility index (Phi) is 4.33. The van der Waals surface area contributed by atoms with Crippen LogP contribution in [0.3, 0.4) is 0 Å². The molecule has 0 saturated carbocycles. The number of nitrogen functional groups attached to an aromatic ring is 1. The maximum absolute atomic E-state index is 13.6. The Hall–Kier alpha value is -1.96. The Morgan fingerprint density at radius 2 is 2.05 bits per heavy atom. The molecule has 0 radical (unpaired) electrons. The summed E-state index contributed by atoms with van der Waals surface area (Å²) in [6.07, 6.45) is 1.47. The van der Waals surface area contributed by atoms with E-state index in [2.05, 4.69) is 15.0 Å². The lowest BCUT2D eigenvalue weighted by Crippen LogP contribution is -2.10. The number of pyridine rings is 1. The molecule has 2 heterocycles. The quantitative estimate of drug-likeness (QED) is 0.845. The number of nitrogens with one attached hydrogen (secondary N) is 1. The molecule has 0 saturated heterocycles. The van der Waals surface area contributed by atoms with Crippen molar-refractivity contribution in [3.8, 4) is 0 Å². The number of aryl methyl sites for hydroxylation is 1. The largest absolute Gasteiger partial charge is 0.381 e. The lowest BCUT2D eigenvalue weighted by molar-refractivity contribution is 0.552. The average molecular weight is 298 g/mol. The van der Waals surface area contributed by atoms with Crippen molar-refractivity contribution in [3.05, 3.63) is 39.8 Å². The van der Waals surface area contributed by atoms with Crippen molar-refractivity contribution in [2.75, 3.05) is 5.73 Å². The Labute approximate surface area is 117 Å². The van der Waals surface area contributed by atoms with Gasteiger partial charge in [-0.15, -0.1) is 0 Å². The van der Waals surface area contributed by atoms with Crippen molar-refractivity contribution in [1.29, 1.82) is 0 Å². The zero-order chi connectivity index (χ0) is 14.7. The highest BCUT2D eigenvalue weighted by Crippen LogP contribution is 2.26. The lowest BCUT2D eigenvalue weighted by Gasteiger charge is -2.05. The first-order valence-corrected chi connectivity index (χ1v) is 6.71. The number of anilines is 1. The minimum Gasteiger partial charge on any atom is -0.381 e. The summed E-state index contributed by atoms with van der Waals surface area (Å²) in [7, 11) is 0. The van der Waals surface area contributed by atoms with E-state index in [0.717, 1.165) is 18.2 Å². The van der Waals surface area contributed by atoms with Crippen molar-refractivity contribution in [2.45, 2.75) is 29.9 Å². The van der Waals surface area contributed by atoms with E-state index in [1.807, 2.05) is 6.92 Å². The van der Waals surface area contributed by atoms with Crippen molar-refractivity contribution in [1.82, 2.24) is 15.0 Å². The van der Waals surface area contributed by atoms with Crippen LogP contribution in [0, 0.1) is 11.6 Å². The molecule has 0 fully saturated rings. The number of aromatic nitrogens is 3. The van der Waals surface area contributed by atoms with Crippen molar-refractivity contribution >= 4 is 17.6 Å². The van der Waals surface area contributed by atoms with Crippen molar-refractivity contribution in [2.24, 2.45) is 0 Å². The van der Waals surface area contributed by atoms with E-state index in [0.29, 0.717) is 18.2 Å². The summed E-state index contributed by atoms with van der Waals surface area (Å²) in [6, 6.07) is 2.04. The van der Waals surface area contributed by atoms with Gasteiger partial charge in [0.25, 0.3) is 5.56 Å². The molecule has 0 aliphatic heterocycles. The number of aromatic amines is 1. The van der Waals surface area contributed by atoms with Crippen LogP contribution in [-0.4, -0.2) is 15.0 Å². The van der Waals surface area contributed by atoms with Gasteiger partial charge in [0.1, 0.15) is 5.03 Å². The first-order valence-electron chi connectivity index (χ1n) is 5.89. The molecule has 2 aromatic rings. The predicted molar refractivity (Wildman–Crippen MR) is 71.5 cm³/mol. The minimum atomic E-state index is -0.923. The highest BCUT2D eigenvalue weighted by molar-refractivity contribution is 7.99. The summed E-state index contributed by atoms with van der Waals surface area (Å²) in [6.45, 7) is 1.96. The van der Waals surface area contributed by atoms with Crippen LogP contribution in [0.4, 0.5) is 14.6 Å². The second-order valence-corrected chi connectivity index (χ2v) is 5.01. The molecule has 2 aromatic heterocycles. The monoisotopic (exact) mass is 298 g/mol. The second kappa shape index (κ2) is 6.00. The summed E-state index contributed by atoms with van der Waals surface area (Å²) in [5.74, 6) is -2.18. The molecule has 0 spiro atoms. The molecule has 20 heavy (non-hydrogen) atoms. The molecule has 0 atom stereocenters. The lowest BCUT2D eigenvalue weighted by atomic mass is 10.2. The Balaban J connectivity index is 2.34. The molecule has 0 amide bonds. The number of hydrogen-bond donors (Lipinski definition) is 2. The number of hydrogen-bond acceptors (Lipinski definition) is 5. The van der Waals surface area contributed by atoms with Gasteiger partial charge in [-0.2, -0.15) is 0 Å². The first kappa shape index (κ1) is 14.4. The standard InChI is InChI=1S/C12H12F2N4OS/c1-2-3-6-4-9(19)17-12(16-6)20-11-8(14)5-7(13)10(15)18-11/h4-5H,2-3H2,1H3,(H2,15,18)(H,16,17,19). The maximum atomic E-state index is 13.6. The number of rotatable bonds is 4. The van der Waals surface area contributed by atoms with Gasteiger partial charge in [-0.3, -0.25) is 4.79 Å². The van der Waals surface area contributed by atoms with Gasteiger partial charge < -0.3 is 10.7 Å². The van der Waals surface area contributed by atoms with Crippen LogP contribution >= 0.6 is 11.8 Å². The van der Waals surface area contributed by atoms with E-state index in [1.54, 1.807) is 0 Å². The van der Waals surface area contributed by atoms with E-state index >= 15 is 0 Å². The van der Waals surface area contributed by atoms with Crippen molar-refractivity contribution in [3.63, 3.8) is 0 Å².